The van der Waals surface area contributed by atoms with E-state index in [1.807, 2.05) is 6.08 Å². The third-order valence-electron chi connectivity index (χ3n) is 8.42. The Morgan fingerprint density at radius 1 is 1.02 bits per heavy atom. The molecule has 0 radical (unpaired) electrons. The van der Waals surface area contributed by atoms with Crippen LogP contribution in [0.1, 0.15) is 31.2 Å². The van der Waals surface area contributed by atoms with Gasteiger partial charge in [-0.3, -0.25) is 34.2 Å². The van der Waals surface area contributed by atoms with E-state index in [0.717, 1.165) is 10.5 Å². The van der Waals surface area contributed by atoms with Gasteiger partial charge in [0.2, 0.25) is 11.8 Å². The summed E-state index contributed by atoms with van der Waals surface area (Å²) in [5.74, 6) is -3.97. The first kappa shape index (κ1) is 25.4. The van der Waals surface area contributed by atoms with Crippen molar-refractivity contribution in [2.24, 2.45) is 17.8 Å². The van der Waals surface area contributed by atoms with Gasteiger partial charge in [0.1, 0.15) is 0 Å². The predicted molar refractivity (Wildman–Crippen MR) is 142 cm³/mol. The number of benzene rings is 2. The van der Waals surface area contributed by atoms with E-state index in [0.29, 0.717) is 22.3 Å². The van der Waals surface area contributed by atoms with Crippen molar-refractivity contribution in [2.75, 3.05) is 12.0 Å². The molecule has 4 unspecified atom stereocenters. The standard InChI is InChI=1S/C30H24N2O8/c1-14-11-22(33)21-13-20-18(25(27(21)28(14)35)15-3-10-24(40-2)23(34)12-15)8-9-19-26(20)30(37)31(29(19)36)16-4-6-17(7-5-16)32(38)39/h3-8,10-12,19-20,25-26,34H,9,13H2,1-2H3. The van der Waals surface area contributed by atoms with Gasteiger partial charge in [0.15, 0.2) is 23.1 Å². The van der Waals surface area contributed by atoms with Gasteiger partial charge in [-0.15, -0.1) is 0 Å². The van der Waals surface area contributed by atoms with Gasteiger partial charge in [-0.25, -0.2) is 0 Å². The second-order valence-electron chi connectivity index (χ2n) is 10.4. The van der Waals surface area contributed by atoms with Crippen molar-refractivity contribution in [3.8, 4) is 11.5 Å². The van der Waals surface area contributed by atoms with Crippen LogP contribution in [0.3, 0.4) is 0 Å². The van der Waals surface area contributed by atoms with E-state index < -0.39 is 40.4 Å². The molecule has 4 atom stereocenters. The molecule has 3 aliphatic carbocycles. The highest BCUT2D eigenvalue weighted by molar-refractivity contribution is 6.25. The highest BCUT2D eigenvalue weighted by Crippen LogP contribution is 2.55. The molecule has 0 bridgehead atoms. The first-order valence-electron chi connectivity index (χ1n) is 12.8. The lowest BCUT2D eigenvalue weighted by molar-refractivity contribution is -0.384. The Balaban J connectivity index is 1.45. The number of Topliss-reactive ketones (excluding diaryl/α,β-unsaturated/α-hetero) is 1. The molecule has 1 saturated heterocycles. The quantitative estimate of drug-likeness (QED) is 0.202. The minimum atomic E-state index is -0.777. The predicted octanol–water partition coefficient (Wildman–Crippen LogP) is 3.94. The normalized spacial score (nSPS) is 25.7. The van der Waals surface area contributed by atoms with Crippen LogP contribution < -0.4 is 9.64 Å². The van der Waals surface area contributed by atoms with Crippen molar-refractivity contribution in [3.63, 3.8) is 0 Å². The number of allylic oxidation sites excluding steroid dienone is 6. The van der Waals surface area contributed by atoms with Crippen LogP contribution in [0.25, 0.3) is 0 Å². The Bertz CT molecular complexity index is 1630. The van der Waals surface area contributed by atoms with Crippen LogP contribution in [-0.4, -0.2) is 40.5 Å². The summed E-state index contributed by atoms with van der Waals surface area (Å²) < 4.78 is 5.18. The molecule has 1 aliphatic heterocycles. The van der Waals surface area contributed by atoms with Crippen LogP contribution in [0, 0.1) is 27.9 Å². The number of non-ortho nitro benzene ring substituents is 1. The second-order valence-corrected chi connectivity index (χ2v) is 10.4. The van der Waals surface area contributed by atoms with E-state index >= 15 is 0 Å². The number of anilines is 1. The van der Waals surface area contributed by atoms with E-state index in [1.165, 1.54) is 43.5 Å². The lowest BCUT2D eigenvalue weighted by Gasteiger charge is -2.42. The summed E-state index contributed by atoms with van der Waals surface area (Å²) >= 11 is 0. The maximum absolute atomic E-state index is 13.9. The zero-order chi connectivity index (χ0) is 28.5. The van der Waals surface area contributed by atoms with E-state index in [9.17, 15) is 34.4 Å². The van der Waals surface area contributed by atoms with Crippen LogP contribution in [0.4, 0.5) is 11.4 Å². The SMILES string of the molecule is COc1ccc(C2C3=CCC4C(=O)N(c5ccc([N+](=O)[O-])cc5)C(=O)C4C3CC3=C2C(=O)C(C)=CC3=O)cc1O. The van der Waals surface area contributed by atoms with Crippen molar-refractivity contribution < 1.29 is 33.9 Å². The molecule has 2 amide bonds. The number of rotatable bonds is 4. The van der Waals surface area contributed by atoms with Crippen LogP contribution in [0.15, 0.2) is 76.9 Å². The number of carbonyl (C=O) groups excluding carboxylic acids is 4. The lowest BCUT2D eigenvalue weighted by atomic mass is 9.59. The minimum absolute atomic E-state index is 0.127. The second kappa shape index (κ2) is 9.11. The number of hydrogen-bond donors (Lipinski definition) is 1. The molecule has 6 rings (SSSR count). The van der Waals surface area contributed by atoms with Crippen LogP contribution >= 0.6 is 0 Å². The molecular formula is C30H24N2O8. The molecule has 4 aliphatic rings. The number of phenols is 1. The number of ketones is 2. The van der Waals surface area contributed by atoms with E-state index in [4.69, 9.17) is 4.74 Å². The number of nitro groups is 1. The molecule has 0 aromatic heterocycles. The highest BCUT2D eigenvalue weighted by Gasteiger charge is 2.56. The molecule has 10 heteroatoms. The summed E-state index contributed by atoms with van der Waals surface area (Å²) in [5.41, 5.74) is 2.37. The van der Waals surface area contributed by atoms with E-state index in [1.54, 1.807) is 19.1 Å². The number of carbonyl (C=O) groups is 4. The molecule has 2 aromatic carbocycles. The van der Waals surface area contributed by atoms with Crippen molar-refractivity contribution in [1.29, 1.82) is 0 Å². The number of phenolic OH excluding ortho intramolecular Hbond substituents is 1. The van der Waals surface area contributed by atoms with Crippen molar-refractivity contribution in [3.05, 3.63) is 92.6 Å². The molecule has 10 nitrogen and oxygen atoms in total. The summed E-state index contributed by atoms with van der Waals surface area (Å²) in [5, 5.41) is 21.6. The number of nitrogens with zero attached hydrogens (tertiary/aromatic N) is 2. The van der Waals surface area contributed by atoms with E-state index in [2.05, 4.69) is 0 Å². The smallest absolute Gasteiger partial charge is 0.269 e. The zero-order valence-electron chi connectivity index (χ0n) is 21.6. The van der Waals surface area contributed by atoms with Gasteiger partial charge >= 0.3 is 0 Å². The van der Waals surface area contributed by atoms with Gasteiger partial charge in [-0.2, -0.15) is 0 Å². The molecule has 202 valence electrons. The Labute approximate surface area is 228 Å². The van der Waals surface area contributed by atoms with Crippen LogP contribution in [0.5, 0.6) is 11.5 Å². The van der Waals surface area contributed by atoms with Gasteiger partial charge < -0.3 is 9.84 Å². The summed E-state index contributed by atoms with van der Waals surface area (Å²) in [4.78, 5) is 65.7. The number of fused-ring (bicyclic) bond motifs is 3. The number of amides is 2. The van der Waals surface area contributed by atoms with Crippen molar-refractivity contribution >= 4 is 34.8 Å². The molecule has 1 fully saturated rings. The number of hydrogen-bond acceptors (Lipinski definition) is 8. The van der Waals surface area contributed by atoms with Gasteiger partial charge in [-0.1, -0.05) is 17.7 Å². The Kier molecular flexibility index (Phi) is 5.79. The maximum Gasteiger partial charge on any atom is 0.269 e. The Hall–Kier alpha value is -4.86. The van der Waals surface area contributed by atoms with Crippen LogP contribution in [-0.2, 0) is 19.2 Å². The maximum atomic E-state index is 13.9. The Morgan fingerprint density at radius 3 is 2.40 bits per heavy atom. The molecule has 2 aromatic rings. The molecule has 40 heavy (non-hydrogen) atoms. The first-order chi connectivity index (χ1) is 19.1. The lowest BCUT2D eigenvalue weighted by Crippen LogP contribution is -2.39. The number of aromatic hydroxyl groups is 1. The first-order valence-corrected chi connectivity index (χ1v) is 12.8. The topological polar surface area (TPSA) is 144 Å². The zero-order valence-corrected chi connectivity index (χ0v) is 21.6. The molecule has 0 saturated carbocycles. The average Bonchev–Trinajstić information content (AvgIpc) is 3.20. The average molecular weight is 541 g/mol. The fourth-order valence-corrected chi connectivity index (χ4v) is 6.61. The largest absolute Gasteiger partial charge is 0.504 e. The monoisotopic (exact) mass is 540 g/mol. The number of imide groups is 1. The number of methoxy groups -OCH3 is 1. The van der Waals surface area contributed by atoms with Gasteiger partial charge in [-0.05, 0) is 61.6 Å². The number of nitro benzene ring substituents is 1. The molecule has 1 heterocycles. The van der Waals surface area contributed by atoms with E-state index in [-0.39, 0.29) is 47.3 Å². The molecule has 1 N–H and O–H groups in total. The number of ether oxygens (including phenoxy) is 1. The van der Waals surface area contributed by atoms with Crippen molar-refractivity contribution in [1.82, 2.24) is 0 Å². The fraction of sp³-hybridized carbons (Fsp3) is 0.267. The van der Waals surface area contributed by atoms with Gasteiger partial charge in [0, 0.05) is 34.8 Å². The minimum Gasteiger partial charge on any atom is -0.504 e. The van der Waals surface area contributed by atoms with Crippen molar-refractivity contribution in [2.45, 2.75) is 25.7 Å². The third kappa shape index (κ3) is 3.63. The molecule has 0 spiro atoms. The fourth-order valence-electron chi connectivity index (χ4n) is 6.61. The van der Waals surface area contributed by atoms with Gasteiger partial charge in [0.05, 0.1) is 29.6 Å². The summed E-state index contributed by atoms with van der Waals surface area (Å²) in [6.07, 6.45) is 3.58. The van der Waals surface area contributed by atoms with Crippen LogP contribution in [0.2, 0.25) is 0 Å². The van der Waals surface area contributed by atoms with Gasteiger partial charge in [0.25, 0.3) is 5.69 Å². The molecular weight excluding hydrogens is 516 g/mol. The highest BCUT2D eigenvalue weighted by atomic mass is 16.6. The summed E-state index contributed by atoms with van der Waals surface area (Å²) in [6.45, 7) is 1.59. The summed E-state index contributed by atoms with van der Waals surface area (Å²) in [6, 6.07) is 10.0. The third-order valence-corrected chi connectivity index (χ3v) is 8.42. The Morgan fingerprint density at radius 2 is 1.75 bits per heavy atom. The summed E-state index contributed by atoms with van der Waals surface area (Å²) in [7, 11) is 1.42.